The summed E-state index contributed by atoms with van der Waals surface area (Å²) in [6.45, 7) is 0. The van der Waals surface area contributed by atoms with Crippen LogP contribution in [0.25, 0.3) is 11.3 Å². The highest BCUT2D eigenvalue weighted by atomic mass is 35.5. The maximum atomic E-state index is 9.49. The van der Waals surface area contributed by atoms with Crippen LogP contribution < -0.4 is 10.5 Å². The molecule has 1 heterocycles. The van der Waals surface area contributed by atoms with Crippen LogP contribution in [-0.2, 0) is 0 Å². The number of ether oxygens (including phenoxy) is 1. The molecule has 0 unspecified atom stereocenters. The Hall–Kier alpha value is -1.88. The number of nitrogens with zero attached hydrogens (tertiary/aromatic N) is 1. The van der Waals surface area contributed by atoms with Gasteiger partial charge in [0, 0.05) is 17.7 Å². The molecule has 0 bridgehead atoms. The van der Waals surface area contributed by atoms with Gasteiger partial charge in [-0.1, -0.05) is 16.8 Å². The van der Waals surface area contributed by atoms with Crippen molar-refractivity contribution in [2.45, 2.75) is 0 Å². The van der Waals surface area contributed by atoms with Gasteiger partial charge in [-0.3, -0.25) is 0 Å². The van der Waals surface area contributed by atoms with Gasteiger partial charge in [0.2, 0.25) is 0 Å². The van der Waals surface area contributed by atoms with Crippen LogP contribution in [0, 0.1) is 0 Å². The highest BCUT2D eigenvalue weighted by Crippen LogP contribution is 2.37. The van der Waals surface area contributed by atoms with Gasteiger partial charge in [-0.05, 0) is 6.07 Å². The summed E-state index contributed by atoms with van der Waals surface area (Å²) in [6.07, 6.45) is 0. The SMILES string of the molecule is COc1cc(-c2cc(N)no2)c(Cl)cc1O. The number of hydrogen-bond acceptors (Lipinski definition) is 5. The zero-order valence-corrected chi connectivity index (χ0v) is 9.15. The summed E-state index contributed by atoms with van der Waals surface area (Å²) in [4.78, 5) is 0. The quantitative estimate of drug-likeness (QED) is 0.842. The van der Waals surface area contributed by atoms with Crippen molar-refractivity contribution in [3.05, 3.63) is 23.2 Å². The van der Waals surface area contributed by atoms with Crippen molar-refractivity contribution in [2.75, 3.05) is 12.8 Å². The molecule has 3 N–H and O–H groups in total. The molecule has 5 nitrogen and oxygen atoms in total. The summed E-state index contributed by atoms with van der Waals surface area (Å²) in [7, 11) is 1.45. The van der Waals surface area contributed by atoms with Crippen molar-refractivity contribution < 1.29 is 14.4 Å². The zero-order valence-electron chi connectivity index (χ0n) is 8.40. The van der Waals surface area contributed by atoms with Crippen LogP contribution in [0.1, 0.15) is 0 Å². The first-order chi connectivity index (χ1) is 7.61. The molecule has 84 valence electrons. The molecular formula is C10H9ClN2O3. The van der Waals surface area contributed by atoms with E-state index in [4.69, 9.17) is 26.6 Å². The molecule has 0 aliphatic rings. The lowest BCUT2D eigenvalue weighted by Gasteiger charge is -2.06. The minimum atomic E-state index is -0.0382. The summed E-state index contributed by atoms with van der Waals surface area (Å²) < 4.78 is 9.94. The number of nitrogens with two attached hydrogens (primary N) is 1. The number of nitrogen functional groups attached to an aromatic ring is 1. The van der Waals surface area contributed by atoms with E-state index in [-0.39, 0.29) is 11.6 Å². The van der Waals surface area contributed by atoms with E-state index < -0.39 is 0 Å². The van der Waals surface area contributed by atoms with Crippen LogP contribution in [0.2, 0.25) is 5.02 Å². The van der Waals surface area contributed by atoms with Crippen LogP contribution in [0.15, 0.2) is 22.7 Å². The fourth-order valence-electron chi connectivity index (χ4n) is 1.31. The van der Waals surface area contributed by atoms with Gasteiger partial charge >= 0.3 is 0 Å². The Kier molecular flexibility index (Phi) is 2.62. The monoisotopic (exact) mass is 240 g/mol. The van der Waals surface area contributed by atoms with Gasteiger partial charge in [-0.15, -0.1) is 0 Å². The van der Waals surface area contributed by atoms with Crippen molar-refractivity contribution in [1.29, 1.82) is 0 Å². The van der Waals surface area contributed by atoms with E-state index >= 15 is 0 Å². The smallest absolute Gasteiger partial charge is 0.170 e. The number of phenols is 1. The van der Waals surface area contributed by atoms with Crippen molar-refractivity contribution in [2.24, 2.45) is 0 Å². The maximum Gasteiger partial charge on any atom is 0.170 e. The summed E-state index contributed by atoms with van der Waals surface area (Å²) >= 11 is 5.96. The van der Waals surface area contributed by atoms with Crippen LogP contribution >= 0.6 is 11.6 Å². The van der Waals surface area contributed by atoms with E-state index in [1.54, 1.807) is 6.07 Å². The van der Waals surface area contributed by atoms with Crippen LogP contribution in [-0.4, -0.2) is 17.4 Å². The Labute approximate surface area is 96.4 Å². The molecular weight excluding hydrogens is 232 g/mol. The second-order valence-corrected chi connectivity index (χ2v) is 3.53. The number of rotatable bonds is 2. The fraction of sp³-hybridized carbons (Fsp3) is 0.100. The molecule has 0 spiro atoms. The molecule has 0 amide bonds. The predicted molar refractivity (Wildman–Crippen MR) is 59.6 cm³/mol. The summed E-state index contributed by atoms with van der Waals surface area (Å²) in [5, 5.41) is 13.4. The van der Waals surface area contributed by atoms with Gasteiger partial charge in [-0.25, -0.2) is 0 Å². The highest BCUT2D eigenvalue weighted by molar-refractivity contribution is 6.33. The molecule has 0 radical (unpaired) electrons. The Morgan fingerprint density at radius 1 is 1.44 bits per heavy atom. The number of aromatic nitrogens is 1. The zero-order chi connectivity index (χ0) is 11.7. The number of phenolic OH excluding ortho intramolecular Hbond substituents is 1. The topological polar surface area (TPSA) is 81.5 Å². The van der Waals surface area contributed by atoms with E-state index in [0.29, 0.717) is 22.1 Å². The van der Waals surface area contributed by atoms with Gasteiger partial charge in [-0.2, -0.15) is 0 Å². The highest BCUT2D eigenvalue weighted by Gasteiger charge is 2.13. The second-order valence-electron chi connectivity index (χ2n) is 3.12. The van der Waals surface area contributed by atoms with Gasteiger partial charge in [0.05, 0.1) is 12.1 Å². The van der Waals surface area contributed by atoms with Crippen LogP contribution in [0.3, 0.4) is 0 Å². The molecule has 0 fully saturated rings. The molecule has 0 atom stereocenters. The van der Waals surface area contributed by atoms with Gasteiger partial charge < -0.3 is 20.1 Å². The van der Waals surface area contributed by atoms with Gasteiger partial charge in [0.25, 0.3) is 0 Å². The number of halogens is 1. The molecule has 0 aliphatic carbocycles. The standard InChI is InChI=1S/C10H9ClN2O3/c1-15-9-2-5(6(11)3-7(9)14)8-4-10(12)13-16-8/h2-4,14H,1H3,(H2,12,13). The lowest BCUT2D eigenvalue weighted by molar-refractivity contribution is 0.373. The van der Waals surface area contributed by atoms with E-state index in [9.17, 15) is 5.11 Å². The Balaban J connectivity index is 2.56. The third-order valence-corrected chi connectivity index (χ3v) is 2.38. The Morgan fingerprint density at radius 2 is 2.19 bits per heavy atom. The molecule has 0 aliphatic heterocycles. The Morgan fingerprint density at radius 3 is 2.75 bits per heavy atom. The molecule has 16 heavy (non-hydrogen) atoms. The lowest BCUT2D eigenvalue weighted by Crippen LogP contribution is -1.86. The number of methoxy groups -OCH3 is 1. The summed E-state index contributed by atoms with van der Waals surface area (Å²) in [5.74, 6) is 0.942. The average molecular weight is 241 g/mol. The van der Waals surface area contributed by atoms with Crippen LogP contribution in [0.5, 0.6) is 11.5 Å². The normalized spacial score (nSPS) is 10.4. The first-order valence-corrected chi connectivity index (χ1v) is 4.78. The second kappa shape index (κ2) is 3.94. The first kappa shape index (κ1) is 10.6. The molecule has 1 aromatic carbocycles. The minimum Gasteiger partial charge on any atom is -0.504 e. The largest absolute Gasteiger partial charge is 0.504 e. The average Bonchev–Trinajstić information content (AvgIpc) is 2.65. The third kappa shape index (κ3) is 1.77. The van der Waals surface area contributed by atoms with E-state index in [2.05, 4.69) is 5.16 Å². The first-order valence-electron chi connectivity index (χ1n) is 4.41. The number of anilines is 1. The summed E-state index contributed by atoms with van der Waals surface area (Å²) in [6, 6.07) is 4.46. The van der Waals surface area contributed by atoms with E-state index in [1.165, 1.54) is 19.2 Å². The van der Waals surface area contributed by atoms with Crippen molar-refractivity contribution in [3.63, 3.8) is 0 Å². The number of hydrogen-bond donors (Lipinski definition) is 2. The minimum absolute atomic E-state index is 0.0382. The molecule has 2 rings (SSSR count). The summed E-state index contributed by atoms with van der Waals surface area (Å²) in [5.41, 5.74) is 5.99. The third-order valence-electron chi connectivity index (χ3n) is 2.06. The predicted octanol–water partition coefficient (Wildman–Crippen LogP) is 2.29. The van der Waals surface area contributed by atoms with E-state index in [0.717, 1.165) is 0 Å². The van der Waals surface area contributed by atoms with Gasteiger partial charge in [0.15, 0.2) is 23.1 Å². The molecule has 6 heteroatoms. The molecule has 2 aromatic rings. The van der Waals surface area contributed by atoms with Crippen molar-refractivity contribution in [3.8, 4) is 22.8 Å². The Bertz CT molecular complexity index is 525. The van der Waals surface area contributed by atoms with Gasteiger partial charge in [0.1, 0.15) is 0 Å². The van der Waals surface area contributed by atoms with Crippen molar-refractivity contribution >= 4 is 17.4 Å². The number of benzene rings is 1. The molecule has 0 saturated carbocycles. The van der Waals surface area contributed by atoms with E-state index in [1.807, 2.05) is 0 Å². The van der Waals surface area contributed by atoms with Crippen molar-refractivity contribution in [1.82, 2.24) is 5.16 Å². The molecule has 0 saturated heterocycles. The lowest BCUT2D eigenvalue weighted by atomic mass is 10.1. The molecule has 1 aromatic heterocycles. The number of aromatic hydroxyl groups is 1. The maximum absolute atomic E-state index is 9.49. The fourth-order valence-corrected chi connectivity index (χ4v) is 1.56. The van der Waals surface area contributed by atoms with Crippen LogP contribution in [0.4, 0.5) is 5.82 Å².